The van der Waals surface area contributed by atoms with Gasteiger partial charge in [0, 0.05) is 29.7 Å². The monoisotopic (exact) mass is 300 g/mol. The molecule has 4 heteroatoms. The Balaban J connectivity index is 1.68. The molecule has 1 aromatic rings. The molecule has 0 unspecified atom stereocenters. The highest BCUT2D eigenvalue weighted by molar-refractivity contribution is 6.33. The van der Waals surface area contributed by atoms with Gasteiger partial charge in [-0.1, -0.05) is 30.1 Å². The third-order valence-electron chi connectivity index (χ3n) is 3.80. The molecule has 2 rings (SSSR count). The smallest absolute Gasteiger partial charge is 0.0451 e. The van der Waals surface area contributed by atoms with Crippen molar-refractivity contribution in [3.05, 3.63) is 33.8 Å². The number of rotatable bonds is 5. The van der Waals surface area contributed by atoms with Crippen LogP contribution in [0.2, 0.25) is 10.0 Å². The van der Waals surface area contributed by atoms with E-state index in [9.17, 15) is 0 Å². The second-order valence-electron chi connectivity index (χ2n) is 5.44. The van der Waals surface area contributed by atoms with Crippen LogP contribution in [0.25, 0.3) is 0 Å². The number of benzene rings is 1. The molecule has 0 amide bonds. The van der Waals surface area contributed by atoms with Crippen molar-refractivity contribution in [1.82, 2.24) is 10.2 Å². The van der Waals surface area contributed by atoms with Crippen LogP contribution in [0.15, 0.2) is 18.2 Å². The van der Waals surface area contributed by atoms with Crippen LogP contribution in [0.4, 0.5) is 0 Å². The molecule has 106 valence electrons. The summed E-state index contributed by atoms with van der Waals surface area (Å²) >= 11 is 12.1. The number of hydrogen-bond donors (Lipinski definition) is 1. The zero-order valence-corrected chi connectivity index (χ0v) is 13.0. The average molecular weight is 301 g/mol. The van der Waals surface area contributed by atoms with Gasteiger partial charge >= 0.3 is 0 Å². The van der Waals surface area contributed by atoms with E-state index in [4.69, 9.17) is 23.2 Å². The Morgan fingerprint density at radius 2 is 2.00 bits per heavy atom. The standard InChI is InChI=1S/C15H22Cl2N2/c1-12-4-7-19(8-5-12)9-6-18-11-13-10-14(16)2-3-15(13)17/h2-3,10,12,18H,4-9,11H2,1H3. The van der Waals surface area contributed by atoms with Crippen LogP contribution in [-0.2, 0) is 6.54 Å². The average Bonchev–Trinajstić information content (AvgIpc) is 2.40. The van der Waals surface area contributed by atoms with Crippen LogP contribution in [0.1, 0.15) is 25.3 Å². The Bertz CT molecular complexity index is 401. The van der Waals surface area contributed by atoms with Gasteiger partial charge in [0.2, 0.25) is 0 Å². The maximum absolute atomic E-state index is 6.13. The Labute approximate surface area is 126 Å². The van der Waals surface area contributed by atoms with Crippen LogP contribution in [0, 0.1) is 5.92 Å². The fourth-order valence-corrected chi connectivity index (χ4v) is 2.80. The highest BCUT2D eigenvalue weighted by Gasteiger charge is 2.14. The first-order valence-electron chi connectivity index (χ1n) is 7.02. The number of hydrogen-bond acceptors (Lipinski definition) is 2. The Morgan fingerprint density at radius 1 is 1.26 bits per heavy atom. The molecule has 2 nitrogen and oxygen atoms in total. The first kappa shape index (κ1) is 15.1. The predicted octanol–water partition coefficient (Wildman–Crippen LogP) is 3.81. The first-order valence-corrected chi connectivity index (χ1v) is 7.78. The second kappa shape index (κ2) is 7.49. The molecule has 0 spiro atoms. The van der Waals surface area contributed by atoms with Crippen LogP contribution in [-0.4, -0.2) is 31.1 Å². The summed E-state index contributed by atoms with van der Waals surface area (Å²) in [6, 6.07) is 5.61. The molecule has 1 heterocycles. The SMILES string of the molecule is CC1CCN(CCNCc2cc(Cl)ccc2Cl)CC1. The van der Waals surface area contributed by atoms with Crippen molar-refractivity contribution >= 4 is 23.2 Å². The number of nitrogens with one attached hydrogen (secondary N) is 1. The van der Waals surface area contributed by atoms with Gasteiger partial charge in [-0.25, -0.2) is 0 Å². The van der Waals surface area contributed by atoms with Crippen molar-refractivity contribution in [2.24, 2.45) is 5.92 Å². The first-order chi connectivity index (χ1) is 9.15. The molecular formula is C15H22Cl2N2. The minimum Gasteiger partial charge on any atom is -0.311 e. The van der Waals surface area contributed by atoms with E-state index in [1.54, 1.807) is 0 Å². The van der Waals surface area contributed by atoms with Gasteiger partial charge in [0.15, 0.2) is 0 Å². The van der Waals surface area contributed by atoms with Crippen LogP contribution < -0.4 is 5.32 Å². The molecule has 1 aliphatic rings. The summed E-state index contributed by atoms with van der Waals surface area (Å²) in [5, 5.41) is 4.97. The van der Waals surface area contributed by atoms with E-state index in [-0.39, 0.29) is 0 Å². The number of nitrogens with zero attached hydrogens (tertiary/aromatic N) is 1. The number of likely N-dealkylation sites (tertiary alicyclic amines) is 1. The Morgan fingerprint density at radius 3 is 2.74 bits per heavy atom. The van der Waals surface area contributed by atoms with E-state index in [1.165, 1.54) is 25.9 Å². The van der Waals surface area contributed by atoms with Gasteiger partial charge in [-0.05, 0) is 55.6 Å². The van der Waals surface area contributed by atoms with Gasteiger partial charge in [-0.15, -0.1) is 0 Å². The van der Waals surface area contributed by atoms with Gasteiger partial charge in [-0.2, -0.15) is 0 Å². The molecule has 0 bridgehead atoms. The van der Waals surface area contributed by atoms with Crippen LogP contribution in [0.3, 0.4) is 0 Å². The Kier molecular flexibility index (Phi) is 5.96. The normalized spacial score (nSPS) is 17.8. The van der Waals surface area contributed by atoms with Crippen LogP contribution in [0.5, 0.6) is 0 Å². The predicted molar refractivity (Wildman–Crippen MR) is 83.0 cm³/mol. The van der Waals surface area contributed by atoms with E-state index in [0.717, 1.165) is 41.2 Å². The van der Waals surface area contributed by atoms with Crippen molar-refractivity contribution in [2.45, 2.75) is 26.3 Å². The maximum Gasteiger partial charge on any atom is 0.0451 e. The molecular weight excluding hydrogens is 279 g/mol. The summed E-state index contributed by atoms with van der Waals surface area (Å²) in [7, 11) is 0. The summed E-state index contributed by atoms with van der Waals surface area (Å²) in [5.74, 6) is 0.898. The molecule has 0 radical (unpaired) electrons. The molecule has 0 aromatic heterocycles. The van der Waals surface area contributed by atoms with Gasteiger partial charge in [0.25, 0.3) is 0 Å². The highest BCUT2D eigenvalue weighted by Crippen LogP contribution is 2.20. The number of piperidine rings is 1. The lowest BCUT2D eigenvalue weighted by molar-refractivity contribution is 0.193. The molecule has 1 N–H and O–H groups in total. The summed E-state index contributed by atoms with van der Waals surface area (Å²) in [6.07, 6.45) is 2.67. The minimum atomic E-state index is 0.742. The molecule has 1 saturated heterocycles. The second-order valence-corrected chi connectivity index (χ2v) is 6.28. The summed E-state index contributed by atoms with van der Waals surface area (Å²) in [6.45, 7) is 7.71. The molecule has 1 fully saturated rings. The summed E-state index contributed by atoms with van der Waals surface area (Å²) in [5.41, 5.74) is 1.07. The van der Waals surface area contributed by atoms with Gasteiger partial charge < -0.3 is 10.2 Å². The van der Waals surface area contributed by atoms with Crippen molar-refractivity contribution in [3.63, 3.8) is 0 Å². The summed E-state index contributed by atoms with van der Waals surface area (Å²) < 4.78 is 0. The van der Waals surface area contributed by atoms with Gasteiger partial charge in [0.05, 0.1) is 0 Å². The molecule has 0 atom stereocenters. The molecule has 1 aliphatic heterocycles. The number of halogens is 2. The lowest BCUT2D eigenvalue weighted by Crippen LogP contribution is -2.37. The quantitative estimate of drug-likeness (QED) is 0.832. The van der Waals surface area contributed by atoms with E-state index in [1.807, 2.05) is 18.2 Å². The zero-order chi connectivity index (χ0) is 13.7. The third-order valence-corrected chi connectivity index (χ3v) is 4.41. The van der Waals surface area contributed by atoms with Crippen LogP contribution >= 0.6 is 23.2 Å². The van der Waals surface area contributed by atoms with Crippen molar-refractivity contribution < 1.29 is 0 Å². The third kappa shape index (κ3) is 4.96. The van der Waals surface area contributed by atoms with E-state index >= 15 is 0 Å². The van der Waals surface area contributed by atoms with E-state index in [0.29, 0.717) is 0 Å². The van der Waals surface area contributed by atoms with Gasteiger partial charge in [-0.3, -0.25) is 0 Å². The molecule has 1 aromatic carbocycles. The summed E-state index contributed by atoms with van der Waals surface area (Å²) in [4.78, 5) is 2.53. The van der Waals surface area contributed by atoms with Gasteiger partial charge in [0.1, 0.15) is 0 Å². The maximum atomic E-state index is 6.13. The molecule has 0 aliphatic carbocycles. The molecule has 19 heavy (non-hydrogen) atoms. The lowest BCUT2D eigenvalue weighted by atomic mass is 9.99. The van der Waals surface area contributed by atoms with Crippen molar-refractivity contribution in [3.8, 4) is 0 Å². The Hall–Kier alpha value is -0.280. The van der Waals surface area contributed by atoms with E-state index in [2.05, 4.69) is 17.1 Å². The minimum absolute atomic E-state index is 0.742. The fraction of sp³-hybridized carbons (Fsp3) is 0.600. The zero-order valence-electron chi connectivity index (χ0n) is 11.5. The van der Waals surface area contributed by atoms with E-state index < -0.39 is 0 Å². The molecule has 0 saturated carbocycles. The fourth-order valence-electron chi connectivity index (χ4n) is 2.42. The topological polar surface area (TPSA) is 15.3 Å². The lowest BCUT2D eigenvalue weighted by Gasteiger charge is -2.30. The van der Waals surface area contributed by atoms with Crippen molar-refractivity contribution in [1.29, 1.82) is 0 Å². The van der Waals surface area contributed by atoms with Crippen molar-refractivity contribution in [2.75, 3.05) is 26.2 Å². The highest BCUT2D eigenvalue weighted by atomic mass is 35.5. The largest absolute Gasteiger partial charge is 0.311 e.